The lowest BCUT2D eigenvalue weighted by Gasteiger charge is -2.24. The lowest BCUT2D eigenvalue weighted by Crippen LogP contribution is -2.28. The zero-order chi connectivity index (χ0) is 26.3. The maximum absolute atomic E-state index is 13.3. The van der Waals surface area contributed by atoms with E-state index in [1.807, 2.05) is 5.94 Å². The van der Waals surface area contributed by atoms with Crippen LogP contribution in [-0.4, -0.2) is 50.6 Å². The van der Waals surface area contributed by atoms with Gasteiger partial charge in [-0.05, 0) is 24.3 Å². The number of allylic oxidation sites excluding steroid dienone is 2. The highest BCUT2D eigenvalue weighted by molar-refractivity contribution is 5.94. The van der Waals surface area contributed by atoms with Gasteiger partial charge in [-0.2, -0.15) is 0 Å². The monoisotopic (exact) mass is 467 g/mol. The maximum Gasteiger partial charge on any atom is 0.271 e. The lowest BCUT2D eigenvalue weighted by molar-refractivity contribution is 0.0940. The van der Waals surface area contributed by atoms with Crippen LogP contribution < -0.4 is 20.9 Å². The molecule has 12 heteroatoms. The Labute approximate surface area is 195 Å². The van der Waals surface area contributed by atoms with Crippen molar-refractivity contribution in [2.24, 2.45) is 0 Å². The number of carbonyl (C=O) groups excluding carboxylic acids is 2. The fraction of sp³-hybridized carbons (Fsp3) is 0.182. The molecule has 4 heterocycles. The van der Waals surface area contributed by atoms with Crippen molar-refractivity contribution < 1.29 is 22.5 Å². The molecule has 1 fully saturated rings. The highest BCUT2D eigenvalue weighted by Gasteiger charge is 2.39. The van der Waals surface area contributed by atoms with Gasteiger partial charge in [-0.1, -0.05) is 0 Å². The minimum atomic E-state index is -2.60. The minimum Gasteiger partial charge on any atom is -0.385 e. The number of pyridine rings is 1. The summed E-state index contributed by atoms with van der Waals surface area (Å²) in [7, 11) is 0. The van der Waals surface area contributed by atoms with Crippen LogP contribution in [0.3, 0.4) is 0 Å². The third-order valence-corrected chi connectivity index (χ3v) is 5.18. The van der Waals surface area contributed by atoms with Gasteiger partial charge in [-0.3, -0.25) is 9.69 Å². The van der Waals surface area contributed by atoms with Crippen molar-refractivity contribution in [3.8, 4) is 0 Å². The van der Waals surface area contributed by atoms with Gasteiger partial charge in [0.05, 0.1) is 29.8 Å². The zero-order valence-electron chi connectivity index (χ0n) is 20.3. The van der Waals surface area contributed by atoms with Gasteiger partial charge in [0.25, 0.3) is 5.91 Å². The normalized spacial score (nSPS) is 20.6. The first-order valence-corrected chi connectivity index (χ1v) is 10.1. The average molecular weight is 467 g/mol. The van der Waals surface area contributed by atoms with Crippen LogP contribution in [0.2, 0.25) is 0 Å². The summed E-state index contributed by atoms with van der Waals surface area (Å²) in [5.41, 5.74) is 0.208. The summed E-state index contributed by atoms with van der Waals surface area (Å²) in [5, 5.41) is 12.1. The Morgan fingerprint density at radius 3 is 2.88 bits per heavy atom. The van der Waals surface area contributed by atoms with E-state index >= 15 is 0 Å². The fourth-order valence-electron chi connectivity index (χ4n) is 3.39. The Hall–Kier alpha value is -4.57. The molecule has 1 amide bonds. The number of alkyl halides is 1. The van der Waals surface area contributed by atoms with Gasteiger partial charge in [-0.25, -0.2) is 28.1 Å². The molecule has 2 aliphatic rings. The number of anilines is 3. The molecule has 10 nitrogen and oxygen atoms in total. The van der Waals surface area contributed by atoms with Crippen LogP contribution in [0, 0.1) is 5.82 Å². The number of amides is 1. The summed E-state index contributed by atoms with van der Waals surface area (Å²) < 4.78 is 50.5. The molecule has 3 aromatic rings. The summed E-state index contributed by atoms with van der Waals surface area (Å²) >= 11 is 0. The van der Waals surface area contributed by atoms with Crippen LogP contribution in [0.15, 0.2) is 60.3 Å². The third-order valence-electron chi connectivity index (χ3n) is 5.18. The molecule has 2 atom stereocenters. The van der Waals surface area contributed by atoms with E-state index in [2.05, 4.69) is 31.0 Å². The van der Waals surface area contributed by atoms with E-state index in [1.54, 1.807) is 12.2 Å². The van der Waals surface area contributed by atoms with Crippen molar-refractivity contribution in [2.45, 2.75) is 18.6 Å². The zero-order valence-corrected chi connectivity index (χ0v) is 17.3. The van der Waals surface area contributed by atoms with E-state index in [9.17, 15) is 18.4 Å². The molecule has 1 saturated carbocycles. The van der Waals surface area contributed by atoms with Gasteiger partial charge in [0.1, 0.15) is 17.8 Å². The van der Waals surface area contributed by atoms with Crippen molar-refractivity contribution in [1.82, 2.24) is 24.9 Å². The SMILES string of the molecule is [2H]C([2H])([2H])Nc1cc(NC2=CC=CN(c3ccc(F)cn3)C2=C=O)nn2c(C(=O)N[C@@H]3C[C@@H]3F)cnc12. The molecular formula is C22H18F2N8O2. The second-order valence-electron chi connectivity index (χ2n) is 7.48. The first kappa shape index (κ1) is 17.9. The first-order chi connectivity index (χ1) is 17.6. The molecule has 1 aliphatic carbocycles. The molecule has 3 aromatic heterocycles. The molecule has 1 aliphatic heterocycles. The molecule has 172 valence electrons. The maximum atomic E-state index is 13.3. The van der Waals surface area contributed by atoms with Crippen LogP contribution in [0.5, 0.6) is 0 Å². The number of nitrogens with one attached hydrogen (secondary N) is 3. The van der Waals surface area contributed by atoms with Crippen LogP contribution in [-0.2, 0) is 4.79 Å². The highest BCUT2D eigenvalue weighted by atomic mass is 19.1. The van der Waals surface area contributed by atoms with E-state index in [0.29, 0.717) is 0 Å². The predicted octanol–water partition coefficient (Wildman–Crippen LogP) is 2.19. The molecule has 34 heavy (non-hydrogen) atoms. The quantitative estimate of drug-likeness (QED) is 0.473. The van der Waals surface area contributed by atoms with Crippen LogP contribution >= 0.6 is 0 Å². The summed E-state index contributed by atoms with van der Waals surface area (Å²) in [6.07, 6.45) is 5.93. The molecule has 0 aromatic carbocycles. The number of hydrogen-bond donors (Lipinski definition) is 3. The molecule has 0 saturated heterocycles. The predicted molar refractivity (Wildman–Crippen MR) is 120 cm³/mol. The van der Waals surface area contributed by atoms with Crippen molar-refractivity contribution in [1.29, 1.82) is 0 Å². The molecule has 0 radical (unpaired) electrons. The molecule has 0 unspecified atom stereocenters. The molecule has 5 rings (SSSR count). The molecular weight excluding hydrogens is 446 g/mol. The molecule has 3 N–H and O–H groups in total. The van der Waals surface area contributed by atoms with Gasteiger partial charge in [0.2, 0.25) is 0 Å². The second kappa shape index (κ2) is 8.41. The summed E-state index contributed by atoms with van der Waals surface area (Å²) in [4.78, 5) is 34.0. The Morgan fingerprint density at radius 1 is 1.32 bits per heavy atom. The number of nitrogens with zero attached hydrogens (tertiary/aromatic N) is 5. The highest BCUT2D eigenvalue weighted by Crippen LogP contribution is 2.28. The topological polar surface area (TPSA) is 117 Å². The minimum absolute atomic E-state index is 0.0137. The van der Waals surface area contributed by atoms with E-state index in [0.717, 1.165) is 10.7 Å². The standard InChI is InChI=1S/C22H18F2N8O2/c1-25-16-8-19(30-32-17(10-27-21(16)32)22(34)29-15-7-13(15)24)28-14-3-2-6-31(18(14)11-33)20-5-4-12(23)9-26-20/h2-6,8-10,13,15,25H,7H2,1H3,(H,28,30)(H,29,34)/t13-,15+/m0/s1/i1D3. The van der Waals surface area contributed by atoms with Crippen LogP contribution in [0.4, 0.5) is 26.1 Å². The van der Waals surface area contributed by atoms with E-state index in [1.165, 1.54) is 35.5 Å². The summed E-state index contributed by atoms with van der Waals surface area (Å²) in [5.74, 6) is 0.915. The molecule has 0 bridgehead atoms. The Morgan fingerprint density at radius 2 is 2.18 bits per heavy atom. The Balaban J connectivity index is 1.51. The number of aromatic nitrogens is 4. The average Bonchev–Trinajstić information content (AvgIpc) is 3.35. The third kappa shape index (κ3) is 3.86. The summed E-state index contributed by atoms with van der Waals surface area (Å²) in [6, 6.07) is 3.30. The van der Waals surface area contributed by atoms with Crippen molar-refractivity contribution in [3.05, 3.63) is 71.9 Å². The van der Waals surface area contributed by atoms with E-state index in [-0.39, 0.29) is 46.5 Å². The van der Waals surface area contributed by atoms with Gasteiger partial charge < -0.3 is 16.0 Å². The number of hydrogen-bond acceptors (Lipinski definition) is 8. The number of imidazole rings is 1. The largest absolute Gasteiger partial charge is 0.385 e. The Bertz CT molecular complexity index is 1500. The fourth-order valence-corrected chi connectivity index (χ4v) is 3.39. The number of rotatable bonds is 6. The number of halogens is 2. The second-order valence-corrected chi connectivity index (χ2v) is 7.48. The van der Waals surface area contributed by atoms with Crippen molar-refractivity contribution in [2.75, 3.05) is 22.5 Å². The first-order valence-electron chi connectivity index (χ1n) is 11.6. The van der Waals surface area contributed by atoms with Crippen molar-refractivity contribution in [3.63, 3.8) is 0 Å². The van der Waals surface area contributed by atoms with Gasteiger partial charge in [0.15, 0.2) is 28.8 Å². The van der Waals surface area contributed by atoms with Gasteiger partial charge in [-0.15, -0.1) is 5.10 Å². The Kier molecular flexibility index (Phi) is 4.43. The molecule has 0 spiro atoms. The van der Waals surface area contributed by atoms with Crippen LogP contribution in [0.1, 0.15) is 21.0 Å². The number of fused-ring (bicyclic) bond motifs is 1. The summed E-state index contributed by atoms with van der Waals surface area (Å²) in [6.45, 7) is -2.60. The lowest BCUT2D eigenvalue weighted by atomic mass is 10.2. The van der Waals surface area contributed by atoms with Crippen molar-refractivity contribution >= 4 is 34.8 Å². The van der Waals surface area contributed by atoms with Gasteiger partial charge in [0, 0.05) is 29.8 Å². The van der Waals surface area contributed by atoms with Crippen LogP contribution in [0.25, 0.3) is 5.65 Å². The smallest absolute Gasteiger partial charge is 0.271 e. The van der Waals surface area contributed by atoms with E-state index in [4.69, 9.17) is 4.11 Å². The number of carbonyl (C=O) groups is 1. The van der Waals surface area contributed by atoms with Gasteiger partial charge >= 0.3 is 0 Å². The van der Waals surface area contributed by atoms with E-state index < -0.39 is 30.9 Å².